The summed E-state index contributed by atoms with van der Waals surface area (Å²) in [5.74, 6) is 4.13. The minimum Gasteiger partial charge on any atom is -0.374 e. The van der Waals surface area contributed by atoms with Gasteiger partial charge in [0.1, 0.15) is 29.5 Å². The average Bonchev–Trinajstić information content (AvgIpc) is 1.70. The number of aliphatic hydroxyl groups excluding tert-OH is 1. The zero-order valence-corrected chi connectivity index (χ0v) is 54.1. The average molecular weight is 1270 g/mol. The van der Waals surface area contributed by atoms with Gasteiger partial charge in [0, 0.05) is 77.2 Å². The molecule has 3 amide bonds. The number of aliphatic hydroxyl groups is 1. The van der Waals surface area contributed by atoms with Crippen LogP contribution in [0.25, 0.3) is 112 Å². The zero-order chi connectivity index (χ0) is 65.1. The SMILES string of the molecule is CN(C)CCNC(=O)c1ccc(-c2nc3ccc(-c4ccc5nc(-c6ccc(C(=O)NC7CCC(CC8CCC(NC(=O)c9ccc(-c%10nc%11ccc(-c%12ccc%13nc(-c%14ccc(C(O)NCCN(C)C)cc%14)[nH]c%13c%12)cc%11[nH]%10)cc9)CC8)CC7)cc6)[nH]c5c4)cc3[nH]2)cc1. The van der Waals surface area contributed by atoms with Crippen LogP contribution in [0.1, 0.15) is 101 Å². The first-order valence-electron chi connectivity index (χ1n) is 33.3. The van der Waals surface area contributed by atoms with Crippen LogP contribution in [0.3, 0.4) is 0 Å². The number of imidazole rings is 4. The summed E-state index contributed by atoms with van der Waals surface area (Å²) < 4.78 is 0. The van der Waals surface area contributed by atoms with Crippen molar-refractivity contribution in [3.63, 3.8) is 0 Å². The van der Waals surface area contributed by atoms with Gasteiger partial charge in [-0.25, -0.2) is 19.9 Å². The van der Waals surface area contributed by atoms with Crippen molar-refractivity contribution in [2.24, 2.45) is 11.8 Å². The molecule has 12 aromatic rings. The number of nitrogens with zero attached hydrogens (tertiary/aromatic N) is 6. The van der Waals surface area contributed by atoms with E-state index in [1.807, 2.05) is 154 Å². The van der Waals surface area contributed by atoms with Crippen LogP contribution in [0.2, 0.25) is 0 Å². The van der Waals surface area contributed by atoms with E-state index in [1.54, 1.807) is 0 Å². The number of benzene rings is 8. The van der Waals surface area contributed by atoms with Gasteiger partial charge in [0.05, 0.1) is 44.1 Å². The molecule has 2 aliphatic rings. The van der Waals surface area contributed by atoms with Gasteiger partial charge in [-0.15, -0.1) is 0 Å². The summed E-state index contributed by atoms with van der Waals surface area (Å²) in [4.78, 5) is 77.3. The standard InChI is InChI=1S/C77H80N14O4/c1-90(2)39-37-78-74(92)52-17-9-48(10-18-52)70-82-62-33-25-56(42-66(62)86-70)58-27-35-64-68(44-58)88-72(84-64)50-13-21-54(22-14-50)76(94)80-60-29-5-46(6-30-60)41-47-7-31-61(32-8-47)81-77(95)55-23-15-51(16-24-55)73-85-65-36-28-59(45-69(65)89-73)57-26-34-63-67(43-57)87-71(83-63)49-11-19-53(20-12-49)75(93)79-38-40-91(3)4/h9-28,33-36,42-47,60-61,74,78,92H,5-8,29-32,37-41H2,1-4H3,(H,79,93)(H,80,94)(H,81,95)(H,82,86)(H,83,87)(H,84,88)(H,85,89). The molecule has 18 heteroatoms. The molecular weight excluding hydrogens is 1180 g/mol. The van der Waals surface area contributed by atoms with Crippen molar-refractivity contribution in [2.75, 3.05) is 54.4 Å². The highest BCUT2D eigenvalue weighted by molar-refractivity contribution is 5.97. The van der Waals surface area contributed by atoms with Crippen LogP contribution in [0.15, 0.2) is 170 Å². The van der Waals surface area contributed by atoms with Crippen LogP contribution in [-0.2, 0) is 0 Å². The van der Waals surface area contributed by atoms with Crippen molar-refractivity contribution in [3.05, 3.63) is 192 Å². The quantitative estimate of drug-likeness (QED) is 0.0307. The highest BCUT2D eigenvalue weighted by atomic mass is 16.3. The molecule has 14 rings (SSSR count). The predicted octanol–water partition coefficient (Wildman–Crippen LogP) is 13.3. The normalized spacial score (nSPS) is 17.1. The molecule has 0 bridgehead atoms. The predicted molar refractivity (Wildman–Crippen MR) is 378 cm³/mol. The molecule has 95 heavy (non-hydrogen) atoms. The van der Waals surface area contributed by atoms with Crippen molar-refractivity contribution in [3.8, 4) is 67.8 Å². The molecule has 8 aromatic carbocycles. The third-order valence-corrected chi connectivity index (χ3v) is 19.1. The number of hydrogen-bond donors (Lipinski definition) is 9. The Morgan fingerprint density at radius 3 is 1.05 bits per heavy atom. The molecule has 2 saturated carbocycles. The van der Waals surface area contributed by atoms with Gasteiger partial charge >= 0.3 is 0 Å². The fourth-order valence-electron chi connectivity index (χ4n) is 13.6. The molecule has 482 valence electrons. The first-order chi connectivity index (χ1) is 46.2. The lowest BCUT2D eigenvalue weighted by Crippen LogP contribution is -2.39. The summed E-state index contributed by atoms with van der Waals surface area (Å²) in [5, 5.41) is 23.4. The molecule has 0 saturated heterocycles. The summed E-state index contributed by atoms with van der Waals surface area (Å²) in [7, 11) is 7.98. The van der Waals surface area contributed by atoms with E-state index in [-0.39, 0.29) is 29.8 Å². The number of H-pyrrole nitrogens is 4. The smallest absolute Gasteiger partial charge is 0.251 e. The van der Waals surface area contributed by atoms with Crippen LogP contribution in [0.4, 0.5) is 0 Å². The van der Waals surface area contributed by atoms with E-state index < -0.39 is 6.23 Å². The Morgan fingerprint density at radius 2 is 0.716 bits per heavy atom. The minimum atomic E-state index is -0.735. The Bertz CT molecular complexity index is 4700. The summed E-state index contributed by atoms with van der Waals surface area (Å²) in [5.41, 5.74) is 17.7. The number of aromatic nitrogens is 8. The van der Waals surface area contributed by atoms with Gasteiger partial charge in [0.15, 0.2) is 0 Å². The first kappa shape index (κ1) is 62.3. The van der Waals surface area contributed by atoms with Crippen LogP contribution < -0.4 is 21.3 Å². The minimum absolute atomic E-state index is 0.0394. The summed E-state index contributed by atoms with van der Waals surface area (Å²) in [6, 6.07) is 55.9. The van der Waals surface area contributed by atoms with Crippen molar-refractivity contribution in [1.82, 2.24) is 70.9 Å². The van der Waals surface area contributed by atoms with E-state index in [0.29, 0.717) is 41.6 Å². The second kappa shape index (κ2) is 27.5. The molecule has 1 atom stereocenters. The lowest BCUT2D eigenvalue weighted by Gasteiger charge is -2.34. The Balaban J connectivity index is 0.510. The van der Waals surface area contributed by atoms with E-state index in [1.165, 1.54) is 6.42 Å². The number of hydrogen-bond acceptors (Lipinski definition) is 11. The summed E-state index contributed by atoms with van der Waals surface area (Å²) in [6.07, 6.45) is 8.85. The zero-order valence-electron chi connectivity index (χ0n) is 54.1. The molecule has 1 unspecified atom stereocenters. The van der Waals surface area contributed by atoms with Crippen molar-refractivity contribution in [1.29, 1.82) is 0 Å². The number of aromatic amines is 4. The van der Waals surface area contributed by atoms with E-state index in [0.717, 1.165) is 182 Å². The molecule has 2 fully saturated rings. The van der Waals surface area contributed by atoms with Crippen molar-refractivity contribution in [2.45, 2.75) is 76.1 Å². The van der Waals surface area contributed by atoms with Gasteiger partial charge in [-0.2, -0.15) is 0 Å². The van der Waals surface area contributed by atoms with Crippen LogP contribution in [0, 0.1) is 11.8 Å². The monoisotopic (exact) mass is 1260 g/mol. The number of amides is 3. The van der Waals surface area contributed by atoms with E-state index in [4.69, 9.17) is 19.9 Å². The van der Waals surface area contributed by atoms with Gasteiger partial charge < -0.3 is 50.8 Å². The molecular formula is C77H80N14O4. The van der Waals surface area contributed by atoms with Gasteiger partial charge in [-0.3, -0.25) is 19.7 Å². The van der Waals surface area contributed by atoms with E-state index in [9.17, 15) is 19.5 Å². The molecule has 0 spiro atoms. The maximum Gasteiger partial charge on any atom is 0.251 e. The summed E-state index contributed by atoms with van der Waals surface area (Å²) in [6.45, 7) is 2.88. The van der Waals surface area contributed by atoms with E-state index >= 15 is 0 Å². The van der Waals surface area contributed by atoms with Gasteiger partial charge in [0.25, 0.3) is 17.7 Å². The molecule has 0 aliphatic heterocycles. The topological polar surface area (TPSA) is 241 Å². The third-order valence-electron chi connectivity index (χ3n) is 19.1. The maximum atomic E-state index is 13.6. The highest BCUT2D eigenvalue weighted by Crippen LogP contribution is 2.37. The Morgan fingerprint density at radius 1 is 0.411 bits per heavy atom. The number of carbonyl (C=O) groups is 3. The molecule has 9 N–H and O–H groups in total. The number of rotatable bonds is 21. The van der Waals surface area contributed by atoms with Gasteiger partial charge in [-0.1, -0.05) is 84.9 Å². The second-order valence-electron chi connectivity index (χ2n) is 26.5. The highest BCUT2D eigenvalue weighted by Gasteiger charge is 2.29. The summed E-state index contributed by atoms with van der Waals surface area (Å²) >= 11 is 0. The Labute approximate surface area is 551 Å². The van der Waals surface area contributed by atoms with Gasteiger partial charge in [-0.05, 0) is 211 Å². The van der Waals surface area contributed by atoms with Crippen LogP contribution in [-0.4, -0.2) is 139 Å². The molecule has 2 aliphatic carbocycles. The Hall–Kier alpha value is -10.1. The molecule has 18 nitrogen and oxygen atoms in total. The molecule has 4 aromatic heterocycles. The number of fused-ring (bicyclic) bond motifs is 4. The third kappa shape index (κ3) is 14.4. The Kier molecular flexibility index (Phi) is 18.0. The van der Waals surface area contributed by atoms with Crippen LogP contribution >= 0.6 is 0 Å². The van der Waals surface area contributed by atoms with Gasteiger partial charge in [0.2, 0.25) is 0 Å². The number of carbonyl (C=O) groups excluding carboxylic acids is 3. The first-order valence-corrected chi connectivity index (χ1v) is 33.3. The lowest BCUT2D eigenvalue weighted by molar-refractivity contribution is 0.0914. The largest absolute Gasteiger partial charge is 0.374 e. The molecule has 0 radical (unpaired) electrons. The molecule has 4 heterocycles. The number of likely N-dealkylation sites (N-methyl/N-ethyl adjacent to an activating group) is 2. The van der Waals surface area contributed by atoms with Crippen molar-refractivity contribution < 1.29 is 19.5 Å². The fraction of sp³-hybridized carbons (Fsp3) is 0.286. The van der Waals surface area contributed by atoms with E-state index in [2.05, 4.69) is 94.6 Å². The van der Waals surface area contributed by atoms with Crippen molar-refractivity contribution >= 4 is 61.9 Å². The maximum absolute atomic E-state index is 13.6. The fourth-order valence-corrected chi connectivity index (χ4v) is 13.6. The van der Waals surface area contributed by atoms with Crippen LogP contribution in [0.5, 0.6) is 0 Å². The number of nitrogens with one attached hydrogen (secondary N) is 8. The second-order valence-corrected chi connectivity index (χ2v) is 26.5. The lowest BCUT2D eigenvalue weighted by atomic mass is 9.75.